The van der Waals surface area contributed by atoms with E-state index in [0.717, 1.165) is 0 Å². The zero-order valence-electron chi connectivity index (χ0n) is 36.9. The van der Waals surface area contributed by atoms with Gasteiger partial charge in [0.2, 0.25) is 0 Å². The second-order valence-electron chi connectivity index (χ2n) is 16.2. The van der Waals surface area contributed by atoms with Crippen LogP contribution in [0, 0.1) is 0 Å². The summed E-state index contributed by atoms with van der Waals surface area (Å²) in [5.74, 6) is -49.2. The van der Waals surface area contributed by atoms with E-state index in [1.54, 1.807) is 0 Å². The van der Waals surface area contributed by atoms with E-state index in [0.29, 0.717) is 0 Å². The average molecular weight is 949 g/mol. The van der Waals surface area contributed by atoms with E-state index >= 15 is 0 Å². The zero-order chi connectivity index (χ0) is 48.4. The number of rotatable bonds is 28. The summed E-state index contributed by atoms with van der Waals surface area (Å²) in [6.45, 7) is 8.07. The Morgan fingerprint density at radius 3 is 1.03 bits per heavy atom. The SMILES string of the molecule is CCCCC(F)C(F)(F)C(F)(F)C(F)(F)C(F)(F)C(F)(F)C(F)(F)C(=O)O.CCCCCCc1ccc(P(c2ccc(CCCCCC)cc2)c2ccc(CCCCCC)cc2)cc1. The highest BCUT2D eigenvalue weighted by molar-refractivity contribution is 7.79. The molecule has 16 heteroatoms. The first-order chi connectivity index (χ1) is 29.9. The van der Waals surface area contributed by atoms with Gasteiger partial charge in [-0.25, -0.2) is 9.18 Å². The molecular weight excluding hydrogens is 886 g/mol. The summed E-state index contributed by atoms with van der Waals surface area (Å²) in [4.78, 5) is 9.91. The molecule has 0 radical (unpaired) electrons. The van der Waals surface area contributed by atoms with Gasteiger partial charge < -0.3 is 5.11 Å². The molecule has 0 aliphatic rings. The molecule has 64 heavy (non-hydrogen) atoms. The van der Waals surface area contributed by atoms with Crippen molar-refractivity contribution < 1.29 is 67.0 Å². The van der Waals surface area contributed by atoms with Crippen LogP contribution in [0.15, 0.2) is 72.8 Å². The first-order valence-corrected chi connectivity index (χ1v) is 23.5. The smallest absolute Gasteiger partial charge is 0.410 e. The van der Waals surface area contributed by atoms with Crippen LogP contribution in [0.2, 0.25) is 0 Å². The minimum absolute atomic E-state index is 0.141. The summed E-state index contributed by atoms with van der Waals surface area (Å²) < 4.78 is 171. The van der Waals surface area contributed by atoms with Gasteiger partial charge in [-0.2, -0.15) is 52.7 Å². The first-order valence-electron chi connectivity index (χ1n) is 22.1. The van der Waals surface area contributed by atoms with E-state index in [4.69, 9.17) is 5.11 Å². The Balaban J connectivity index is 0.000000465. The van der Waals surface area contributed by atoms with Crippen molar-refractivity contribution in [2.24, 2.45) is 0 Å². The van der Waals surface area contributed by atoms with Crippen molar-refractivity contribution in [3.8, 4) is 0 Å². The second-order valence-corrected chi connectivity index (χ2v) is 18.4. The van der Waals surface area contributed by atoms with Crippen molar-refractivity contribution in [2.75, 3.05) is 0 Å². The van der Waals surface area contributed by atoms with Gasteiger partial charge in [0.1, 0.15) is 0 Å². The lowest BCUT2D eigenvalue weighted by molar-refractivity contribution is -0.425. The fourth-order valence-electron chi connectivity index (χ4n) is 6.85. The van der Waals surface area contributed by atoms with Crippen molar-refractivity contribution in [3.05, 3.63) is 89.5 Å². The molecule has 0 aliphatic heterocycles. The van der Waals surface area contributed by atoms with E-state index in [1.165, 1.54) is 136 Å². The Labute approximate surface area is 370 Å². The molecule has 1 atom stereocenters. The molecule has 0 amide bonds. The molecule has 1 unspecified atom stereocenters. The summed E-state index contributed by atoms with van der Waals surface area (Å²) in [6, 6.07) is 28.8. The van der Waals surface area contributed by atoms with Gasteiger partial charge in [-0.3, -0.25) is 0 Å². The fourth-order valence-corrected chi connectivity index (χ4v) is 9.08. The number of carboxylic acid groups (broad SMARTS) is 1. The lowest BCUT2D eigenvalue weighted by atomic mass is 9.89. The summed E-state index contributed by atoms with van der Waals surface area (Å²) in [5, 5.41) is 12.2. The van der Waals surface area contributed by atoms with Crippen LogP contribution >= 0.6 is 7.92 Å². The van der Waals surface area contributed by atoms with E-state index in [-0.39, 0.29) is 6.42 Å². The number of alkyl halides is 13. The molecule has 362 valence electrons. The van der Waals surface area contributed by atoms with Crippen LogP contribution in [0.25, 0.3) is 0 Å². The molecule has 0 aliphatic carbocycles. The van der Waals surface area contributed by atoms with Crippen molar-refractivity contribution >= 4 is 29.8 Å². The second kappa shape index (κ2) is 25.5. The molecule has 3 rings (SSSR count). The van der Waals surface area contributed by atoms with Gasteiger partial charge in [0.15, 0.2) is 6.17 Å². The number of carboxylic acids is 1. The third-order valence-electron chi connectivity index (χ3n) is 11.0. The number of carbonyl (C=O) groups is 1. The predicted molar refractivity (Wildman–Crippen MR) is 230 cm³/mol. The molecule has 0 saturated heterocycles. The Bertz CT molecular complexity index is 1650. The largest absolute Gasteiger partial charge is 0.477 e. The van der Waals surface area contributed by atoms with Crippen LogP contribution in [-0.4, -0.2) is 52.8 Å². The number of unbranched alkanes of at least 4 members (excludes halogenated alkanes) is 10. The normalized spacial score (nSPS) is 13.5. The Hall–Kier alpha value is -3.35. The van der Waals surface area contributed by atoms with Crippen molar-refractivity contribution in [2.45, 2.75) is 185 Å². The third-order valence-corrected chi connectivity index (χ3v) is 13.5. The highest BCUT2D eigenvalue weighted by Gasteiger charge is 2.91. The lowest BCUT2D eigenvalue weighted by Gasteiger charge is -2.41. The van der Waals surface area contributed by atoms with Crippen LogP contribution in [-0.2, 0) is 24.1 Å². The van der Waals surface area contributed by atoms with Gasteiger partial charge in [0.05, 0.1) is 0 Å². The highest BCUT2D eigenvalue weighted by Crippen LogP contribution is 2.61. The average Bonchev–Trinajstić information content (AvgIpc) is 3.26. The molecule has 2 nitrogen and oxygen atoms in total. The molecule has 0 bridgehead atoms. The fraction of sp³-hybridized carbons (Fsp3) is 0.604. The minimum atomic E-state index is -8.01. The van der Waals surface area contributed by atoms with Gasteiger partial charge in [-0.05, 0) is 85.5 Å². The van der Waals surface area contributed by atoms with Gasteiger partial charge in [-0.1, -0.05) is 171 Å². The first kappa shape index (κ1) is 56.8. The molecule has 0 saturated carbocycles. The highest BCUT2D eigenvalue weighted by atomic mass is 31.1. The maximum absolute atomic E-state index is 13.3. The summed E-state index contributed by atoms with van der Waals surface area (Å²) in [7, 11) is -0.539. The van der Waals surface area contributed by atoms with E-state index in [9.17, 15) is 61.9 Å². The van der Waals surface area contributed by atoms with Gasteiger partial charge in [0.25, 0.3) is 0 Å². The number of hydrogen-bond acceptors (Lipinski definition) is 1. The number of benzene rings is 3. The van der Waals surface area contributed by atoms with E-state index < -0.39 is 68.4 Å². The van der Waals surface area contributed by atoms with Crippen LogP contribution in [0.5, 0.6) is 0 Å². The van der Waals surface area contributed by atoms with Crippen LogP contribution in [0.4, 0.5) is 57.1 Å². The van der Waals surface area contributed by atoms with Crippen molar-refractivity contribution in [1.29, 1.82) is 0 Å². The monoisotopic (exact) mass is 948 g/mol. The van der Waals surface area contributed by atoms with Crippen LogP contribution in [0.3, 0.4) is 0 Å². The predicted octanol–water partition coefficient (Wildman–Crippen LogP) is 15.2. The quantitative estimate of drug-likeness (QED) is 0.0447. The van der Waals surface area contributed by atoms with Gasteiger partial charge in [0, 0.05) is 0 Å². The molecule has 0 fully saturated rings. The maximum Gasteiger partial charge on any atom is 0.410 e. The standard InChI is InChI=1S/C36H51P.C12H11F13O2/c1-4-7-10-13-16-31-19-25-34(26-20-31)37(35-27-21-32(22-28-35)17-14-11-8-5-2)36-29-23-33(24-30-36)18-15-12-9-6-3;1-2-3-4-5(13)7(14,15)9(18,19)11(22,23)12(24,25)10(20,21)8(16,17)6(26)27/h19-30H,4-18H2,1-3H3;5H,2-4H2,1H3,(H,26,27). The number of aryl methyl sites for hydroxylation is 3. The molecule has 3 aromatic rings. The molecule has 0 heterocycles. The van der Waals surface area contributed by atoms with E-state index in [2.05, 4.69) is 93.6 Å². The topological polar surface area (TPSA) is 37.3 Å². The van der Waals surface area contributed by atoms with Gasteiger partial charge in [-0.15, -0.1) is 0 Å². The van der Waals surface area contributed by atoms with Gasteiger partial charge >= 0.3 is 41.5 Å². The number of aliphatic carboxylic acids is 1. The number of hydrogen-bond donors (Lipinski definition) is 1. The van der Waals surface area contributed by atoms with Crippen LogP contribution in [0.1, 0.15) is 141 Å². The van der Waals surface area contributed by atoms with Crippen molar-refractivity contribution in [1.82, 2.24) is 0 Å². The maximum atomic E-state index is 13.3. The van der Waals surface area contributed by atoms with E-state index in [1.807, 2.05) is 0 Å². The summed E-state index contributed by atoms with van der Waals surface area (Å²) in [5.41, 5.74) is 4.46. The molecular formula is C48H62F13O2P. The third kappa shape index (κ3) is 14.1. The molecule has 0 aromatic heterocycles. The van der Waals surface area contributed by atoms with Crippen molar-refractivity contribution in [3.63, 3.8) is 0 Å². The summed E-state index contributed by atoms with van der Waals surface area (Å²) >= 11 is 0. The zero-order valence-corrected chi connectivity index (χ0v) is 37.8. The minimum Gasteiger partial charge on any atom is -0.477 e. The summed E-state index contributed by atoms with van der Waals surface area (Å²) in [6.07, 6.45) is 13.0. The number of halogens is 13. The van der Waals surface area contributed by atoms with Crippen LogP contribution < -0.4 is 15.9 Å². The molecule has 1 N–H and O–H groups in total. The Morgan fingerprint density at radius 2 is 0.750 bits per heavy atom. The molecule has 0 spiro atoms. The Kier molecular flexibility index (Phi) is 22.6. The lowest BCUT2D eigenvalue weighted by Crippen LogP contribution is -2.72. The molecule has 3 aromatic carbocycles. The Morgan fingerprint density at radius 1 is 0.453 bits per heavy atom.